The third kappa shape index (κ3) is 4.79. The Balaban J connectivity index is 1.46. The molecule has 0 atom stereocenters. The van der Waals surface area contributed by atoms with Gasteiger partial charge in [0.05, 0.1) is 10.7 Å². The first-order valence-corrected chi connectivity index (χ1v) is 11.8. The molecule has 3 aromatic rings. The zero-order valence-electron chi connectivity index (χ0n) is 16.7. The van der Waals surface area contributed by atoms with Crippen LogP contribution in [0.4, 0.5) is 0 Å². The molecule has 4 rings (SSSR count). The van der Waals surface area contributed by atoms with Crippen LogP contribution in [0.5, 0.6) is 0 Å². The van der Waals surface area contributed by atoms with E-state index in [9.17, 15) is 13.2 Å². The molecule has 10 heteroatoms. The van der Waals surface area contributed by atoms with E-state index in [0.717, 1.165) is 30.5 Å². The van der Waals surface area contributed by atoms with Crippen LogP contribution in [0.25, 0.3) is 5.69 Å². The van der Waals surface area contributed by atoms with Gasteiger partial charge in [0.2, 0.25) is 10.0 Å². The molecule has 2 heterocycles. The molecule has 0 unspecified atom stereocenters. The minimum absolute atomic E-state index is 0.0269. The maximum Gasteiger partial charge on any atom is 0.251 e. The van der Waals surface area contributed by atoms with Crippen molar-refractivity contribution in [2.24, 2.45) is 0 Å². The van der Waals surface area contributed by atoms with E-state index in [0.29, 0.717) is 19.6 Å². The van der Waals surface area contributed by atoms with Gasteiger partial charge in [-0.2, -0.15) is 9.40 Å². The van der Waals surface area contributed by atoms with Gasteiger partial charge in [-0.3, -0.25) is 4.79 Å². The second kappa shape index (κ2) is 9.17. The van der Waals surface area contributed by atoms with Crippen molar-refractivity contribution in [3.8, 4) is 5.69 Å². The Hall–Kier alpha value is -2.75. The molecule has 1 aliphatic rings. The zero-order valence-corrected chi connectivity index (χ0v) is 18.3. The highest BCUT2D eigenvalue weighted by molar-refractivity contribution is 7.89. The SMILES string of the molecule is O=C(NCc1ccc(-n2cncn2)cc1)c1ccc(Cl)c(S(=O)(=O)N2CCCCC2)c1. The van der Waals surface area contributed by atoms with Crippen molar-refractivity contribution < 1.29 is 13.2 Å². The second-order valence-electron chi connectivity index (χ2n) is 7.30. The lowest BCUT2D eigenvalue weighted by Crippen LogP contribution is -2.36. The monoisotopic (exact) mass is 459 g/mol. The van der Waals surface area contributed by atoms with Gasteiger partial charge in [-0.1, -0.05) is 30.2 Å². The van der Waals surface area contributed by atoms with E-state index in [4.69, 9.17) is 11.6 Å². The van der Waals surface area contributed by atoms with Gasteiger partial charge < -0.3 is 5.32 Å². The number of carbonyl (C=O) groups excluding carboxylic acids is 1. The highest BCUT2D eigenvalue weighted by atomic mass is 35.5. The number of benzene rings is 2. The van der Waals surface area contributed by atoms with Gasteiger partial charge in [-0.25, -0.2) is 18.1 Å². The summed E-state index contributed by atoms with van der Waals surface area (Å²) in [4.78, 5) is 16.5. The van der Waals surface area contributed by atoms with E-state index in [1.54, 1.807) is 11.0 Å². The number of hydrogen-bond acceptors (Lipinski definition) is 5. The lowest BCUT2D eigenvalue weighted by molar-refractivity contribution is 0.0950. The van der Waals surface area contributed by atoms with E-state index >= 15 is 0 Å². The van der Waals surface area contributed by atoms with Crippen LogP contribution in [0.1, 0.15) is 35.2 Å². The van der Waals surface area contributed by atoms with Crippen LogP contribution in [0.3, 0.4) is 0 Å². The number of carbonyl (C=O) groups is 1. The van der Waals surface area contributed by atoms with Crippen LogP contribution in [0.15, 0.2) is 60.0 Å². The maximum absolute atomic E-state index is 13.0. The Kier molecular flexibility index (Phi) is 6.35. The summed E-state index contributed by atoms with van der Waals surface area (Å²) in [6.45, 7) is 1.24. The number of piperidine rings is 1. The molecule has 0 bridgehead atoms. The molecule has 8 nitrogen and oxygen atoms in total. The average Bonchev–Trinajstić information content (AvgIpc) is 3.33. The van der Waals surface area contributed by atoms with Crippen molar-refractivity contribution in [2.45, 2.75) is 30.7 Å². The van der Waals surface area contributed by atoms with Crippen LogP contribution < -0.4 is 5.32 Å². The standard InChI is InChI=1S/C21H22ClN5O3S/c22-19-9-6-17(12-20(19)31(29,30)26-10-2-1-3-11-26)21(28)24-13-16-4-7-18(8-5-16)27-15-23-14-25-27/h4-9,12,14-15H,1-3,10-11,13H2,(H,24,28). The Bertz CT molecular complexity index is 1160. The van der Waals surface area contributed by atoms with Gasteiger partial charge in [0.25, 0.3) is 5.91 Å². The second-order valence-corrected chi connectivity index (χ2v) is 9.61. The molecule has 1 fully saturated rings. The van der Waals surface area contributed by atoms with Crippen molar-refractivity contribution in [2.75, 3.05) is 13.1 Å². The number of hydrogen-bond donors (Lipinski definition) is 1. The summed E-state index contributed by atoms with van der Waals surface area (Å²) in [6, 6.07) is 11.9. The van der Waals surface area contributed by atoms with Crippen LogP contribution >= 0.6 is 11.6 Å². The fourth-order valence-electron chi connectivity index (χ4n) is 3.48. The number of halogens is 1. The molecule has 0 radical (unpaired) electrons. The lowest BCUT2D eigenvalue weighted by Gasteiger charge is -2.26. The van der Waals surface area contributed by atoms with E-state index in [-0.39, 0.29) is 21.4 Å². The lowest BCUT2D eigenvalue weighted by atomic mass is 10.2. The smallest absolute Gasteiger partial charge is 0.251 e. The number of nitrogens with zero attached hydrogens (tertiary/aromatic N) is 4. The minimum atomic E-state index is -3.73. The van der Waals surface area contributed by atoms with Gasteiger partial charge in [0.1, 0.15) is 17.6 Å². The maximum atomic E-state index is 13.0. The predicted molar refractivity (Wildman–Crippen MR) is 117 cm³/mol. The van der Waals surface area contributed by atoms with Crippen molar-refractivity contribution in [1.82, 2.24) is 24.4 Å². The van der Waals surface area contributed by atoms with Crippen LogP contribution in [-0.2, 0) is 16.6 Å². The number of rotatable bonds is 6. The third-order valence-corrected chi connectivity index (χ3v) is 7.58. The van der Waals surface area contributed by atoms with Gasteiger partial charge in [0.15, 0.2) is 0 Å². The predicted octanol–water partition coefficient (Wildman–Crippen LogP) is 3.03. The Morgan fingerprint density at radius 3 is 2.48 bits per heavy atom. The molecular weight excluding hydrogens is 438 g/mol. The van der Waals surface area contributed by atoms with Crippen LogP contribution in [-0.4, -0.2) is 46.5 Å². The van der Waals surface area contributed by atoms with Gasteiger partial charge >= 0.3 is 0 Å². The Morgan fingerprint density at radius 1 is 1.06 bits per heavy atom. The molecule has 2 aromatic carbocycles. The number of sulfonamides is 1. The number of amides is 1. The zero-order chi connectivity index (χ0) is 21.8. The van der Waals surface area contributed by atoms with Crippen molar-refractivity contribution in [3.63, 3.8) is 0 Å². The molecule has 162 valence electrons. The summed E-state index contributed by atoms with van der Waals surface area (Å²) in [7, 11) is -3.73. The van der Waals surface area contributed by atoms with Gasteiger partial charge in [-0.15, -0.1) is 0 Å². The molecule has 1 amide bonds. The first-order chi connectivity index (χ1) is 14.9. The summed E-state index contributed by atoms with van der Waals surface area (Å²) in [6.07, 6.45) is 5.73. The van der Waals surface area contributed by atoms with Crippen LogP contribution in [0, 0.1) is 0 Å². The number of aromatic nitrogens is 3. The average molecular weight is 460 g/mol. The highest BCUT2D eigenvalue weighted by Crippen LogP contribution is 2.28. The minimum Gasteiger partial charge on any atom is -0.348 e. The first-order valence-electron chi connectivity index (χ1n) is 9.97. The third-order valence-electron chi connectivity index (χ3n) is 5.20. The summed E-state index contributed by atoms with van der Waals surface area (Å²) in [5, 5.41) is 7.01. The molecule has 0 spiro atoms. The van der Waals surface area contributed by atoms with Gasteiger partial charge in [-0.05, 0) is 48.7 Å². The fraction of sp³-hybridized carbons (Fsp3) is 0.286. The summed E-state index contributed by atoms with van der Waals surface area (Å²) < 4.78 is 29.1. The van der Waals surface area contributed by atoms with Crippen LogP contribution in [0.2, 0.25) is 5.02 Å². The van der Waals surface area contributed by atoms with Gasteiger partial charge in [0, 0.05) is 25.2 Å². The van der Waals surface area contributed by atoms with E-state index in [1.807, 2.05) is 24.3 Å². The van der Waals surface area contributed by atoms with Crippen molar-refractivity contribution >= 4 is 27.5 Å². The molecular formula is C21H22ClN5O3S. The normalized spacial score (nSPS) is 15.0. The summed E-state index contributed by atoms with van der Waals surface area (Å²) >= 11 is 6.19. The van der Waals surface area contributed by atoms with E-state index in [1.165, 1.54) is 28.8 Å². The van der Waals surface area contributed by atoms with E-state index < -0.39 is 10.0 Å². The largest absolute Gasteiger partial charge is 0.348 e. The molecule has 1 aromatic heterocycles. The van der Waals surface area contributed by atoms with E-state index in [2.05, 4.69) is 15.4 Å². The highest BCUT2D eigenvalue weighted by Gasteiger charge is 2.28. The number of nitrogens with one attached hydrogen (secondary N) is 1. The quantitative estimate of drug-likeness (QED) is 0.611. The fourth-order valence-corrected chi connectivity index (χ4v) is 5.50. The Labute approximate surface area is 185 Å². The topological polar surface area (TPSA) is 97.2 Å². The Morgan fingerprint density at radius 2 is 1.81 bits per heavy atom. The molecule has 0 saturated carbocycles. The molecule has 31 heavy (non-hydrogen) atoms. The summed E-state index contributed by atoms with van der Waals surface area (Å²) in [5.41, 5.74) is 2.00. The van der Waals surface area contributed by atoms with Crippen molar-refractivity contribution in [1.29, 1.82) is 0 Å². The molecule has 1 N–H and O–H groups in total. The molecule has 1 aliphatic heterocycles. The molecule has 0 aliphatic carbocycles. The molecule has 1 saturated heterocycles. The first kappa shape index (κ1) is 21.5. The summed E-state index contributed by atoms with van der Waals surface area (Å²) in [5.74, 6) is -0.368. The van der Waals surface area contributed by atoms with Crippen molar-refractivity contribution in [3.05, 3.63) is 71.3 Å².